The lowest BCUT2D eigenvalue weighted by atomic mass is 9.78. The summed E-state index contributed by atoms with van der Waals surface area (Å²) in [6.45, 7) is 15.2. The van der Waals surface area contributed by atoms with Gasteiger partial charge in [0.25, 0.3) is 0 Å². The van der Waals surface area contributed by atoms with Crippen LogP contribution in [0.25, 0.3) is 6.08 Å². The Balaban J connectivity index is 0.00000481. The van der Waals surface area contributed by atoms with Crippen LogP contribution in [0.15, 0.2) is 42.0 Å². The predicted octanol–water partition coefficient (Wildman–Crippen LogP) is 7.55. The third kappa shape index (κ3) is 6.84. The predicted molar refractivity (Wildman–Crippen MR) is 159 cm³/mol. The van der Waals surface area contributed by atoms with E-state index in [9.17, 15) is 9.90 Å². The highest BCUT2D eigenvalue weighted by molar-refractivity contribution is 8.93. The van der Waals surface area contributed by atoms with Crippen molar-refractivity contribution in [2.45, 2.75) is 72.1 Å². The lowest BCUT2D eigenvalue weighted by Crippen LogP contribution is -2.31. The van der Waals surface area contributed by atoms with Crippen LogP contribution in [-0.4, -0.2) is 41.8 Å². The summed E-state index contributed by atoms with van der Waals surface area (Å²) in [4.78, 5) is 15.5. The fourth-order valence-electron chi connectivity index (χ4n) is 4.91. The van der Waals surface area contributed by atoms with Crippen molar-refractivity contribution in [3.63, 3.8) is 0 Å². The molecule has 0 bridgehead atoms. The molecule has 2 N–H and O–H groups in total. The van der Waals surface area contributed by atoms with Crippen molar-refractivity contribution >= 4 is 34.7 Å². The van der Waals surface area contributed by atoms with Crippen molar-refractivity contribution in [3.8, 4) is 11.5 Å². The number of Topliss-reactive ketones (excluding diaryl/α,β-unsaturated/α-hetero) is 1. The molecule has 1 saturated heterocycles. The number of amidine groups is 1. The molecule has 1 aliphatic heterocycles. The highest BCUT2D eigenvalue weighted by Crippen LogP contribution is 2.40. The summed E-state index contributed by atoms with van der Waals surface area (Å²) in [6.07, 6.45) is 4.00. The number of rotatable bonds is 7. The molecular formula is C31H43BrN2O3. The number of methoxy groups -OCH3 is 1. The Kier molecular flexibility index (Phi) is 9.81. The van der Waals surface area contributed by atoms with Gasteiger partial charge in [0, 0.05) is 34.7 Å². The van der Waals surface area contributed by atoms with Crippen molar-refractivity contribution < 1.29 is 14.6 Å². The summed E-state index contributed by atoms with van der Waals surface area (Å²) >= 11 is 0. The average molecular weight is 572 g/mol. The van der Waals surface area contributed by atoms with Gasteiger partial charge in [0.2, 0.25) is 0 Å². The Morgan fingerprint density at radius 3 is 2.19 bits per heavy atom. The number of ether oxygens (including phenoxy) is 1. The number of ketones is 1. The molecular weight excluding hydrogens is 528 g/mol. The van der Waals surface area contributed by atoms with Crippen LogP contribution in [0.3, 0.4) is 0 Å². The third-order valence-electron chi connectivity index (χ3n) is 6.94. The fourth-order valence-corrected chi connectivity index (χ4v) is 4.91. The molecule has 2 aromatic rings. The molecule has 202 valence electrons. The molecule has 0 amide bonds. The molecule has 3 rings (SSSR count). The third-order valence-corrected chi connectivity index (χ3v) is 6.94. The van der Waals surface area contributed by atoms with Gasteiger partial charge in [-0.1, -0.05) is 73.1 Å². The summed E-state index contributed by atoms with van der Waals surface area (Å²) < 4.78 is 5.52. The van der Waals surface area contributed by atoms with Crippen LogP contribution in [-0.2, 0) is 10.8 Å². The van der Waals surface area contributed by atoms with E-state index in [0.29, 0.717) is 17.9 Å². The normalized spacial score (nSPS) is 17.2. The Hall–Kier alpha value is -2.60. The molecule has 5 nitrogen and oxygen atoms in total. The van der Waals surface area contributed by atoms with Gasteiger partial charge < -0.3 is 14.7 Å². The molecule has 1 atom stereocenters. The number of nitrogens with zero attached hydrogens (tertiary/aromatic N) is 1. The monoisotopic (exact) mass is 570 g/mol. The van der Waals surface area contributed by atoms with Crippen molar-refractivity contribution in [1.29, 1.82) is 5.41 Å². The standard InChI is InChI=1S/C31H42N2O3.BrH/c1-9-12-21-18-33(29(32)23(21)15-20-13-10-11-14-27(20)36-8)19-26(34)22-16-24(30(2,3)4)28(35)25(17-22)31(5,6)7;/h10-11,13-17,21,32,35H,9,12,18-19H2,1-8H3;1H. The smallest absolute Gasteiger partial charge is 0.182 e. The first-order chi connectivity index (χ1) is 16.8. The number of carbonyl (C=O) groups is 1. The summed E-state index contributed by atoms with van der Waals surface area (Å²) in [6, 6.07) is 11.5. The molecule has 0 saturated carbocycles. The Morgan fingerprint density at radius 1 is 1.11 bits per heavy atom. The minimum Gasteiger partial charge on any atom is -0.507 e. The van der Waals surface area contributed by atoms with Gasteiger partial charge in [-0.2, -0.15) is 0 Å². The molecule has 0 aromatic heterocycles. The minimum absolute atomic E-state index is 0. The van der Waals surface area contributed by atoms with Crippen LogP contribution in [0.4, 0.5) is 0 Å². The SMILES string of the molecule is Br.CCCC1CN(CC(=O)c2cc(C(C)(C)C)c(O)c(C(C)(C)C)c2)C(=N)C1=Cc1ccccc1OC. The van der Waals surface area contributed by atoms with Crippen LogP contribution >= 0.6 is 17.0 Å². The maximum absolute atomic E-state index is 13.6. The Bertz CT molecular complexity index is 1140. The van der Waals surface area contributed by atoms with Crippen LogP contribution in [0.1, 0.15) is 88.4 Å². The number of hydrogen-bond acceptors (Lipinski definition) is 4. The largest absolute Gasteiger partial charge is 0.507 e. The highest BCUT2D eigenvalue weighted by atomic mass is 79.9. The summed E-state index contributed by atoms with van der Waals surface area (Å²) in [7, 11) is 1.65. The molecule has 0 spiro atoms. The molecule has 0 aliphatic carbocycles. The number of benzene rings is 2. The Labute approximate surface area is 233 Å². The van der Waals surface area contributed by atoms with E-state index in [0.717, 1.165) is 40.9 Å². The maximum Gasteiger partial charge on any atom is 0.182 e. The van der Waals surface area contributed by atoms with E-state index in [1.54, 1.807) is 7.11 Å². The summed E-state index contributed by atoms with van der Waals surface area (Å²) in [5, 5.41) is 20.0. The lowest BCUT2D eigenvalue weighted by molar-refractivity contribution is 0.0963. The van der Waals surface area contributed by atoms with Gasteiger partial charge in [-0.05, 0) is 47.1 Å². The van der Waals surface area contributed by atoms with E-state index < -0.39 is 0 Å². The van der Waals surface area contributed by atoms with E-state index in [1.807, 2.05) is 88.9 Å². The zero-order valence-electron chi connectivity index (χ0n) is 23.6. The van der Waals surface area contributed by atoms with Gasteiger partial charge in [0.1, 0.15) is 17.3 Å². The zero-order chi connectivity index (χ0) is 26.8. The number of aromatic hydroxyl groups is 1. The van der Waals surface area contributed by atoms with Crippen molar-refractivity contribution in [3.05, 3.63) is 64.2 Å². The van der Waals surface area contributed by atoms with Gasteiger partial charge >= 0.3 is 0 Å². The van der Waals surface area contributed by atoms with Gasteiger partial charge in [0.15, 0.2) is 5.78 Å². The zero-order valence-corrected chi connectivity index (χ0v) is 25.3. The van der Waals surface area contributed by atoms with Gasteiger partial charge in [-0.15, -0.1) is 17.0 Å². The first kappa shape index (κ1) is 30.6. The highest BCUT2D eigenvalue weighted by Gasteiger charge is 2.34. The molecule has 2 aromatic carbocycles. The molecule has 1 aliphatic rings. The van der Waals surface area contributed by atoms with E-state index in [1.165, 1.54) is 0 Å². The molecule has 1 unspecified atom stereocenters. The van der Waals surface area contributed by atoms with Crippen LogP contribution in [0.2, 0.25) is 0 Å². The average Bonchev–Trinajstić information content (AvgIpc) is 3.07. The number of likely N-dealkylation sites (tertiary alicyclic amines) is 1. The molecule has 37 heavy (non-hydrogen) atoms. The molecule has 0 radical (unpaired) electrons. The number of phenols is 1. The van der Waals surface area contributed by atoms with Crippen LogP contribution < -0.4 is 4.74 Å². The lowest BCUT2D eigenvalue weighted by Gasteiger charge is -2.28. The first-order valence-electron chi connectivity index (χ1n) is 12.9. The quantitative estimate of drug-likeness (QED) is 0.337. The first-order valence-corrected chi connectivity index (χ1v) is 12.9. The summed E-state index contributed by atoms with van der Waals surface area (Å²) in [5.41, 5.74) is 3.41. The number of halogens is 1. The van der Waals surface area contributed by atoms with E-state index in [-0.39, 0.29) is 51.8 Å². The number of carbonyl (C=O) groups excluding carboxylic acids is 1. The van der Waals surface area contributed by atoms with Crippen LogP contribution in [0.5, 0.6) is 11.5 Å². The number of hydrogen-bond donors (Lipinski definition) is 2. The Morgan fingerprint density at radius 2 is 1.68 bits per heavy atom. The van der Waals surface area contributed by atoms with Crippen molar-refractivity contribution in [2.75, 3.05) is 20.2 Å². The number of para-hydroxylation sites is 1. The van der Waals surface area contributed by atoms with Gasteiger partial charge in [-0.3, -0.25) is 10.2 Å². The fraction of sp³-hybridized carbons (Fsp3) is 0.484. The van der Waals surface area contributed by atoms with Gasteiger partial charge in [0.05, 0.1) is 13.7 Å². The maximum atomic E-state index is 13.6. The van der Waals surface area contributed by atoms with Crippen LogP contribution in [0, 0.1) is 11.3 Å². The van der Waals surface area contributed by atoms with E-state index >= 15 is 0 Å². The second kappa shape index (κ2) is 11.8. The minimum atomic E-state index is -0.308. The number of phenolic OH excluding ortho intramolecular Hbond substituents is 1. The topological polar surface area (TPSA) is 73.6 Å². The van der Waals surface area contributed by atoms with Gasteiger partial charge in [-0.25, -0.2) is 0 Å². The molecule has 6 heteroatoms. The van der Waals surface area contributed by atoms with Crippen molar-refractivity contribution in [1.82, 2.24) is 4.90 Å². The second-order valence-corrected chi connectivity index (χ2v) is 11.9. The molecule has 1 heterocycles. The van der Waals surface area contributed by atoms with E-state index in [2.05, 4.69) is 6.92 Å². The van der Waals surface area contributed by atoms with E-state index in [4.69, 9.17) is 10.1 Å². The summed E-state index contributed by atoms with van der Waals surface area (Å²) in [5.74, 6) is 1.60. The number of nitrogens with one attached hydrogen (secondary N) is 1. The second-order valence-electron chi connectivity index (χ2n) is 11.9. The van der Waals surface area contributed by atoms with Crippen molar-refractivity contribution in [2.24, 2.45) is 5.92 Å². The molecule has 1 fully saturated rings.